The summed E-state index contributed by atoms with van der Waals surface area (Å²) in [7, 11) is 0. The number of nitrogens with one attached hydrogen (secondary N) is 1. The number of carbonyl (C=O) groups excluding carboxylic acids is 3. The molecule has 1 aromatic heterocycles. The van der Waals surface area contributed by atoms with Crippen LogP contribution in [0.4, 0.5) is 5.69 Å². The van der Waals surface area contributed by atoms with Gasteiger partial charge in [0.15, 0.2) is 5.69 Å². The number of fused-ring (bicyclic) bond motifs is 1. The number of rotatable bonds is 8. The van der Waals surface area contributed by atoms with Gasteiger partial charge in [-0.3, -0.25) is 14.4 Å². The van der Waals surface area contributed by atoms with Crippen LogP contribution >= 0.6 is 11.8 Å². The number of carbonyl (C=O) groups is 3. The first kappa shape index (κ1) is 20.6. The maximum absolute atomic E-state index is 12.9. The predicted octanol–water partition coefficient (Wildman–Crippen LogP) is 4.39. The summed E-state index contributed by atoms with van der Waals surface area (Å²) in [5, 5.41) is 6.33. The molecule has 3 aromatic rings. The Morgan fingerprint density at radius 1 is 1.03 bits per heavy atom. The number of hydrogen-bond donors (Lipinski definition) is 1. The molecule has 0 saturated heterocycles. The first-order chi connectivity index (χ1) is 15.1. The molecule has 7 nitrogen and oxygen atoms in total. The molecule has 1 amide bonds. The Balaban J connectivity index is 1.39. The number of ketones is 2. The minimum atomic E-state index is -0.611. The van der Waals surface area contributed by atoms with Gasteiger partial charge in [0.25, 0.3) is 5.91 Å². The van der Waals surface area contributed by atoms with Crippen LogP contribution < -0.4 is 10.1 Å². The van der Waals surface area contributed by atoms with Crippen LogP contribution in [-0.2, 0) is 0 Å². The minimum absolute atomic E-state index is 0.0935. The van der Waals surface area contributed by atoms with Crippen molar-refractivity contribution in [2.75, 3.05) is 17.7 Å². The zero-order valence-corrected chi connectivity index (χ0v) is 17.2. The van der Waals surface area contributed by atoms with Crippen LogP contribution in [0, 0.1) is 0 Å². The van der Waals surface area contributed by atoms with Crippen molar-refractivity contribution in [3.05, 3.63) is 88.7 Å². The number of amides is 1. The molecule has 0 bridgehead atoms. The lowest BCUT2D eigenvalue weighted by Crippen LogP contribution is -2.20. The number of para-hydroxylation sites is 2. The highest BCUT2D eigenvalue weighted by Crippen LogP contribution is 2.31. The molecule has 156 valence electrons. The third-order valence-corrected chi connectivity index (χ3v) is 5.54. The summed E-state index contributed by atoms with van der Waals surface area (Å²) >= 11 is 1.25. The van der Waals surface area contributed by atoms with Crippen molar-refractivity contribution in [1.29, 1.82) is 0 Å². The second-order valence-electron chi connectivity index (χ2n) is 6.62. The smallest absolute Gasteiger partial charge is 0.278 e. The maximum Gasteiger partial charge on any atom is 0.278 e. The van der Waals surface area contributed by atoms with Gasteiger partial charge >= 0.3 is 0 Å². The topological polar surface area (TPSA) is 98.5 Å². The molecule has 0 atom stereocenters. The van der Waals surface area contributed by atoms with E-state index in [0.717, 1.165) is 5.75 Å². The normalized spacial score (nSPS) is 12.8. The molecular formula is C23H18N2O5S. The number of hydrogen-bond acceptors (Lipinski definition) is 7. The van der Waals surface area contributed by atoms with E-state index in [1.165, 1.54) is 17.8 Å². The standard InChI is InChI=1S/C23H18N2O5S/c26-17-14-18(31-13-7-12-29-16-10-5-2-6-11-16)21(27)19-20(25-30-22(17)19)23(28)24-15-8-3-1-4-9-15/h1-6,8-11,14H,7,12-13H2,(H,24,28). The van der Waals surface area contributed by atoms with E-state index < -0.39 is 17.5 Å². The Kier molecular flexibility index (Phi) is 6.28. The van der Waals surface area contributed by atoms with Crippen molar-refractivity contribution in [2.24, 2.45) is 0 Å². The molecule has 2 aromatic carbocycles. The Morgan fingerprint density at radius 2 is 1.74 bits per heavy atom. The van der Waals surface area contributed by atoms with E-state index >= 15 is 0 Å². The van der Waals surface area contributed by atoms with E-state index in [1.807, 2.05) is 36.4 Å². The molecule has 0 spiro atoms. The lowest BCUT2D eigenvalue weighted by molar-refractivity contribution is 0.0967. The fourth-order valence-electron chi connectivity index (χ4n) is 2.96. The van der Waals surface area contributed by atoms with E-state index in [-0.39, 0.29) is 21.9 Å². The van der Waals surface area contributed by atoms with Crippen LogP contribution in [0.5, 0.6) is 5.75 Å². The van der Waals surface area contributed by atoms with Crippen molar-refractivity contribution < 1.29 is 23.6 Å². The van der Waals surface area contributed by atoms with Gasteiger partial charge in [-0.25, -0.2) is 0 Å². The van der Waals surface area contributed by atoms with Gasteiger partial charge in [0.1, 0.15) is 11.3 Å². The SMILES string of the molecule is O=C(Nc1ccccc1)c1noc2c1C(=O)C(SCCCOc1ccccc1)=CC2=O. The van der Waals surface area contributed by atoms with E-state index in [9.17, 15) is 14.4 Å². The largest absolute Gasteiger partial charge is 0.494 e. The van der Waals surface area contributed by atoms with Crippen LogP contribution in [0.3, 0.4) is 0 Å². The zero-order valence-electron chi connectivity index (χ0n) is 16.4. The number of ether oxygens (including phenoxy) is 1. The van der Waals surface area contributed by atoms with Gasteiger partial charge in [-0.2, -0.15) is 0 Å². The summed E-state index contributed by atoms with van der Waals surface area (Å²) in [5.74, 6) is -0.394. The Hall–Kier alpha value is -3.65. The van der Waals surface area contributed by atoms with Crippen molar-refractivity contribution in [3.8, 4) is 5.75 Å². The monoisotopic (exact) mass is 434 g/mol. The van der Waals surface area contributed by atoms with Gasteiger partial charge in [0, 0.05) is 17.5 Å². The van der Waals surface area contributed by atoms with Gasteiger partial charge < -0.3 is 14.6 Å². The molecular weight excluding hydrogens is 416 g/mol. The highest BCUT2D eigenvalue weighted by atomic mass is 32.2. The predicted molar refractivity (Wildman–Crippen MR) is 117 cm³/mol. The fourth-order valence-corrected chi connectivity index (χ4v) is 3.87. The third kappa shape index (κ3) is 4.75. The van der Waals surface area contributed by atoms with Gasteiger partial charge in [-0.1, -0.05) is 41.6 Å². The van der Waals surface area contributed by atoms with E-state index in [0.29, 0.717) is 24.5 Å². The van der Waals surface area contributed by atoms with Crippen LogP contribution in [0.25, 0.3) is 0 Å². The zero-order chi connectivity index (χ0) is 21.6. The molecule has 0 fully saturated rings. The van der Waals surface area contributed by atoms with Crippen molar-refractivity contribution in [2.45, 2.75) is 6.42 Å². The van der Waals surface area contributed by atoms with Crippen molar-refractivity contribution >= 4 is 34.9 Å². The lowest BCUT2D eigenvalue weighted by atomic mass is 9.99. The molecule has 0 aliphatic heterocycles. The van der Waals surface area contributed by atoms with Crippen molar-refractivity contribution in [3.63, 3.8) is 0 Å². The molecule has 1 N–H and O–H groups in total. The summed E-state index contributed by atoms with van der Waals surface area (Å²) in [4.78, 5) is 38.2. The molecule has 1 aliphatic carbocycles. The maximum atomic E-state index is 12.9. The van der Waals surface area contributed by atoms with Gasteiger partial charge in [-0.15, -0.1) is 11.8 Å². The Labute approximate surface area is 182 Å². The average molecular weight is 434 g/mol. The first-order valence-corrected chi connectivity index (χ1v) is 10.6. The number of anilines is 1. The Bertz CT molecular complexity index is 1140. The number of thioether (sulfide) groups is 1. The molecule has 0 unspecified atom stereocenters. The second kappa shape index (κ2) is 9.44. The molecule has 31 heavy (non-hydrogen) atoms. The molecule has 1 aliphatic rings. The van der Waals surface area contributed by atoms with E-state index in [4.69, 9.17) is 9.26 Å². The summed E-state index contributed by atoms with van der Waals surface area (Å²) < 4.78 is 10.6. The molecule has 4 rings (SSSR count). The fraction of sp³-hybridized carbons (Fsp3) is 0.130. The summed E-state index contributed by atoms with van der Waals surface area (Å²) in [5.41, 5.74) is 0.252. The quantitative estimate of drug-likeness (QED) is 0.525. The van der Waals surface area contributed by atoms with Gasteiger partial charge in [0.2, 0.25) is 17.3 Å². The van der Waals surface area contributed by atoms with Crippen LogP contribution in [0.2, 0.25) is 0 Å². The Morgan fingerprint density at radius 3 is 2.48 bits per heavy atom. The average Bonchev–Trinajstić information content (AvgIpc) is 3.24. The number of allylic oxidation sites excluding steroid dienone is 2. The summed E-state index contributed by atoms with van der Waals surface area (Å²) in [6, 6.07) is 18.2. The molecule has 0 radical (unpaired) electrons. The van der Waals surface area contributed by atoms with Crippen LogP contribution in [-0.4, -0.2) is 35.0 Å². The first-order valence-electron chi connectivity index (χ1n) is 9.61. The van der Waals surface area contributed by atoms with E-state index in [1.54, 1.807) is 24.3 Å². The lowest BCUT2D eigenvalue weighted by Gasteiger charge is -2.11. The van der Waals surface area contributed by atoms with Crippen LogP contribution in [0.15, 0.2) is 76.2 Å². The summed E-state index contributed by atoms with van der Waals surface area (Å²) in [6.07, 6.45) is 1.91. The number of aromatic nitrogens is 1. The molecule has 0 saturated carbocycles. The van der Waals surface area contributed by atoms with Crippen LogP contribution in [0.1, 0.15) is 37.8 Å². The van der Waals surface area contributed by atoms with Crippen molar-refractivity contribution in [1.82, 2.24) is 5.16 Å². The molecule has 8 heteroatoms. The third-order valence-electron chi connectivity index (χ3n) is 4.43. The number of nitrogens with zero attached hydrogens (tertiary/aromatic N) is 1. The van der Waals surface area contributed by atoms with E-state index in [2.05, 4.69) is 10.5 Å². The second-order valence-corrected chi connectivity index (χ2v) is 7.76. The summed E-state index contributed by atoms with van der Waals surface area (Å²) in [6.45, 7) is 0.482. The van der Waals surface area contributed by atoms with Gasteiger partial charge in [-0.05, 0) is 30.7 Å². The minimum Gasteiger partial charge on any atom is -0.494 e. The molecule has 1 heterocycles. The number of benzene rings is 2. The highest BCUT2D eigenvalue weighted by Gasteiger charge is 2.36. The number of Topliss-reactive ketones (excluding diaryl/α,β-unsaturated/α-hetero) is 1. The van der Waals surface area contributed by atoms with Gasteiger partial charge in [0.05, 0.1) is 11.5 Å². The highest BCUT2D eigenvalue weighted by molar-refractivity contribution is 8.04.